The predicted octanol–water partition coefficient (Wildman–Crippen LogP) is 1.80. The molecule has 2 aromatic heterocycles. The van der Waals surface area contributed by atoms with Gasteiger partial charge in [0.2, 0.25) is 5.95 Å². The van der Waals surface area contributed by atoms with E-state index in [1.54, 1.807) is 17.5 Å². The molecule has 0 amide bonds. The molecule has 0 unspecified atom stereocenters. The van der Waals surface area contributed by atoms with Crippen LogP contribution in [0.3, 0.4) is 0 Å². The Morgan fingerprint density at radius 3 is 3.00 bits per heavy atom. The first kappa shape index (κ1) is 10.9. The summed E-state index contributed by atoms with van der Waals surface area (Å²) in [5, 5.41) is 2.10. The molecule has 0 aliphatic heterocycles. The van der Waals surface area contributed by atoms with E-state index in [1.165, 1.54) is 4.88 Å². The highest BCUT2D eigenvalue weighted by Crippen LogP contribution is 2.12. The van der Waals surface area contributed by atoms with E-state index in [2.05, 4.69) is 32.4 Å². The Bertz CT molecular complexity index is 441. The van der Waals surface area contributed by atoms with E-state index in [9.17, 15) is 0 Å². The number of hydrogen-bond acceptors (Lipinski definition) is 5. The molecule has 2 heterocycles. The Hall–Kier alpha value is -1.62. The van der Waals surface area contributed by atoms with Crippen molar-refractivity contribution in [2.75, 3.05) is 24.2 Å². The van der Waals surface area contributed by atoms with Crippen molar-refractivity contribution in [3.05, 3.63) is 34.7 Å². The summed E-state index contributed by atoms with van der Waals surface area (Å²) >= 11 is 1.78. The van der Waals surface area contributed by atoms with Crippen LogP contribution in [-0.2, 0) is 6.42 Å². The van der Waals surface area contributed by atoms with Crippen LogP contribution in [-0.4, -0.2) is 23.6 Å². The largest absolute Gasteiger partial charge is 0.368 e. The van der Waals surface area contributed by atoms with Crippen LogP contribution in [0.1, 0.15) is 4.88 Å². The lowest BCUT2D eigenvalue weighted by Crippen LogP contribution is -2.21. The molecule has 0 spiro atoms. The summed E-state index contributed by atoms with van der Waals surface area (Å²) < 4.78 is 0. The summed E-state index contributed by atoms with van der Waals surface area (Å²) in [4.78, 5) is 11.5. The van der Waals surface area contributed by atoms with Gasteiger partial charge in [-0.25, -0.2) is 4.98 Å². The van der Waals surface area contributed by atoms with Crippen molar-refractivity contribution in [2.24, 2.45) is 0 Å². The van der Waals surface area contributed by atoms with Crippen LogP contribution >= 0.6 is 11.3 Å². The first-order chi connectivity index (χ1) is 7.75. The zero-order valence-electron chi connectivity index (χ0n) is 9.13. The molecule has 4 nitrogen and oxygen atoms in total. The maximum Gasteiger partial charge on any atom is 0.221 e. The normalized spacial score (nSPS) is 10.3. The minimum absolute atomic E-state index is 0.320. The minimum Gasteiger partial charge on any atom is -0.368 e. The summed E-state index contributed by atoms with van der Waals surface area (Å²) in [7, 11) is 2.01. The molecule has 0 fully saturated rings. The Labute approximate surface area is 98.8 Å². The van der Waals surface area contributed by atoms with E-state index in [4.69, 9.17) is 5.73 Å². The molecule has 0 saturated heterocycles. The fraction of sp³-hybridized carbons (Fsp3) is 0.273. The average molecular weight is 234 g/mol. The second-order valence-corrected chi connectivity index (χ2v) is 4.56. The number of thiophene rings is 1. The zero-order chi connectivity index (χ0) is 11.4. The lowest BCUT2D eigenvalue weighted by molar-refractivity contribution is 0.866. The first-order valence-electron chi connectivity index (χ1n) is 5.08. The number of nitrogen functional groups attached to an aromatic ring is 1. The number of rotatable bonds is 4. The first-order valence-corrected chi connectivity index (χ1v) is 5.96. The van der Waals surface area contributed by atoms with E-state index in [-0.39, 0.29) is 0 Å². The van der Waals surface area contributed by atoms with E-state index in [1.807, 2.05) is 13.1 Å². The van der Waals surface area contributed by atoms with Crippen LogP contribution in [0, 0.1) is 0 Å². The van der Waals surface area contributed by atoms with Crippen molar-refractivity contribution in [2.45, 2.75) is 6.42 Å². The summed E-state index contributed by atoms with van der Waals surface area (Å²) in [5.74, 6) is 1.18. The highest BCUT2D eigenvalue weighted by atomic mass is 32.1. The lowest BCUT2D eigenvalue weighted by Gasteiger charge is -2.17. The Morgan fingerprint density at radius 2 is 2.31 bits per heavy atom. The van der Waals surface area contributed by atoms with Crippen LogP contribution < -0.4 is 10.6 Å². The third-order valence-corrected chi connectivity index (χ3v) is 3.26. The molecule has 0 radical (unpaired) electrons. The number of aromatic nitrogens is 2. The van der Waals surface area contributed by atoms with Crippen molar-refractivity contribution in [3.63, 3.8) is 0 Å². The van der Waals surface area contributed by atoms with Gasteiger partial charge >= 0.3 is 0 Å². The lowest BCUT2D eigenvalue weighted by atomic mass is 10.3. The van der Waals surface area contributed by atoms with Gasteiger partial charge in [0, 0.05) is 24.7 Å². The fourth-order valence-electron chi connectivity index (χ4n) is 1.42. The van der Waals surface area contributed by atoms with Crippen LogP contribution in [0.4, 0.5) is 11.8 Å². The summed E-state index contributed by atoms with van der Waals surface area (Å²) in [6.45, 7) is 0.928. The topological polar surface area (TPSA) is 55.0 Å². The van der Waals surface area contributed by atoms with E-state index < -0.39 is 0 Å². The van der Waals surface area contributed by atoms with Gasteiger partial charge in [-0.15, -0.1) is 11.3 Å². The number of nitrogens with two attached hydrogens (primary N) is 1. The Kier molecular flexibility index (Phi) is 3.36. The molecule has 2 N–H and O–H groups in total. The van der Waals surface area contributed by atoms with E-state index in [0.29, 0.717) is 5.95 Å². The molecule has 16 heavy (non-hydrogen) atoms. The second-order valence-electron chi connectivity index (χ2n) is 3.52. The second kappa shape index (κ2) is 4.94. The zero-order valence-corrected chi connectivity index (χ0v) is 9.94. The van der Waals surface area contributed by atoms with Crippen molar-refractivity contribution in [1.82, 2.24) is 9.97 Å². The van der Waals surface area contributed by atoms with Crippen molar-refractivity contribution < 1.29 is 0 Å². The maximum atomic E-state index is 5.54. The van der Waals surface area contributed by atoms with Gasteiger partial charge < -0.3 is 10.6 Å². The Balaban J connectivity index is 1.95. The monoisotopic (exact) mass is 234 g/mol. The summed E-state index contributed by atoms with van der Waals surface area (Å²) in [6.07, 6.45) is 2.71. The molecule has 0 bridgehead atoms. The molecule has 2 aromatic rings. The Morgan fingerprint density at radius 1 is 1.44 bits per heavy atom. The molecule has 2 rings (SSSR count). The van der Waals surface area contributed by atoms with Gasteiger partial charge in [-0.2, -0.15) is 4.98 Å². The van der Waals surface area contributed by atoms with Gasteiger partial charge in [0.05, 0.1) is 0 Å². The quantitative estimate of drug-likeness (QED) is 0.876. The standard InChI is InChI=1S/C11H14N4S/c1-15(7-5-9-3-2-8-16-9)10-4-6-13-11(12)14-10/h2-4,6,8H,5,7H2,1H3,(H2,12,13,14). The number of likely N-dealkylation sites (N-methyl/N-ethyl adjacent to an activating group) is 1. The number of nitrogens with zero attached hydrogens (tertiary/aromatic N) is 3. The molecule has 5 heteroatoms. The number of hydrogen-bond donors (Lipinski definition) is 1. The smallest absolute Gasteiger partial charge is 0.221 e. The van der Waals surface area contributed by atoms with Gasteiger partial charge in [-0.05, 0) is 23.9 Å². The summed E-state index contributed by atoms with van der Waals surface area (Å²) in [5.41, 5.74) is 5.54. The fourth-order valence-corrected chi connectivity index (χ4v) is 2.12. The van der Waals surface area contributed by atoms with E-state index in [0.717, 1.165) is 18.8 Å². The third kappa shape index (κ3) is 2.70. The van der Waals surface area contributed by atoms with Crippen LogP contribution in [0.2, 0.25) is 0 Å². The number of anilines is 2. The SMILES string of the molecule is CN(CCc1cccs1)c1ccnc(N)n1. The maximum absolute atomic E-state index is 5.54. The highest BCUT2D eigenvalue weighted by Gasteiger charge is 2.03. The van der Waals surface area contributed by atoms with Crippen molar-refractivity contribution >= 4 is 23.1 Å². The van der Waals surface area contributed by atoms with Gasteiger partial charge in [-0.3, -0.25) is 0 Å². The van der Waals surface area contributed by atoms with Crippen LogP contribution in [0.5, 0.6) is 0 Å². The molecule has 0 aliphatic carbocycles. The predicted molar refractivity (Wildman–Crippen MR) is 67.7 cm³/mol. The van der Waals surface area contributed by atoms with Gasteiger partial charge in [-0.1, -0.05) is 6.07 Å². The van der Waals surface area contributed by atoms with Crippen LogP contribution in [0.15, 0.2) is 29.8 Å². The van der Waals surface area contributed by atoms with Crippen molar-refractivity contribution in [3.8, 4) is 0 Å². The van der Waals surface area contributed by atoms with Gasteiger partial charge in [0.25, 0.3) is 0 Å². The summed E-state index contributed by atoms with van der Waals surface area (Å²) in [6, 6.07) is 6.08. The minimum atomic E-state index is 0.320. The van der Waals surface area contributed by atoms with Crippen molar-refractivity contribution in [1.29, 1.82) is 0 Å². The molecular formula is C11H14N4S. The van der Waals surface area contributed by atoms with Gasteiger partial charge in [0.1, 0.15) is 5.82 Å². The molecule has 0 aromatic carbocycles. The molecule has 0 aliphatic rings. The van der Waals surface area contributed by atoms with Crippen LogP contribution in [0.25, 0.3) is 0 Å². The average Bonchev–Trinajstić information content (AvgIpc) is 2.78. The molecule has 84 valence electrons. The molecule has 0 atom stereocenters. The molecular weight excluding hydrogens is 220 g/mol. The van der Waals surface area contributed by atoms with E-state index >= 15 is 0 Å². The highest BCUT2D eigenvalue weighted by molar-refractivity contribution is 7.09. The van der Waals surface area contributed by atoms with Gasteiger partial charge in [0.15, 0.2) is 0 Å². The third-order valence-electron chi connectivity index (χ3n) is 2.32. The molecule has 0 saturated carbocycles.